The lowest BCUT2D eigenvalue weighted by atomic mass is 9.67. The normalized spacial score (nSPS) is 26.1. The van der Waals surface area contributed by atoms with Gasteiger partial charge in [0.1, 0.15) is 0 Å². The fourth-order valence-electron chi connectivity index (χ4n) is 3.72. The molecule has 0 spiro atoms. The van der Waals surface area contributed by atoms with Gasteiger partial charge in [0.05, 0.1) is 18.2 Å². The Morgan fingerprint density at radius 1 is 1.35 bits per heavy atom. The molecule has 1 amide bonds. The second kappa shape index (κ2) is 7.01. The van der Waals surface area contributed by atoms with Crippen molar-refractivity contribution in [2.45, 2.75) is 25.7 Å². The van der Waals surface area contributed by atoms with Gasteiger partial charge < -0.3 is 15.4 Å². The fourth-order valence-corrected chi connectivity index (χ4v) is 3.72. The number of fused-ring (bicyclic) bond motifs is 1. The van der Waals surface area contributed by atoms with Gasteiger partial charge in [-0.15, -0.1) is 12.4 Å². The maximum Gasteiger partial charge on any atom is 0.232 e. The van der Waals surface area contributed by atoms with Gasteiger partial charge in [-0.05, 0) is 25.3 Å². The van der Waals surface area contributed by atoms with Gasteiger partial charge in [0.2, 0.25) is 5.91 Å². The van der Waals surface area contributed by atoms with E-state index in [-0.39, 0.29) is 35.7 Å². The van der Waals surface area contributed by atoms with Gasteiger partial charge in [0, 0.05) is 18.7 Å². The number of rotatable bonds is 3. The minimum atomic E-state index is -0.693. The summed E-state index contributed by atoms with van der Waals surface area (Å²) in [7, 11) is 1.27. The maximum atomic E-state index is 14.0. The SMILES string of the molecule is COc1cc(F)c(NC(=O)[C@@]23CCCC[C@H]2CNC3)cc1F.Cl. The van der Waals surface area contributed by atoms with Crippen LogP contribution in [0.4, 0.5) is 14.5 Å². The van der Waals surface area contributed by atoms with E-state index < -0.39 is 17.0 Å². The monoisotopic (exact) mass is 346 g/mol. The molecular weight excluding hydrogens is 326 g/mol. The fraction of sp³-hybridized carbons (Fsp3) is 0.562. The van der Waals surface area contributed by atoms with Crippen LogP contribution in [0, 0.1) is 23.0 Å². The molecule has 128 valence electrons. The number of amides is 1. The second-order valence-electron chi connectivity index (χ2n) is 6.15. The highest BCUT2D eigenvalue weighted by molar-refractivity contribution is 5.96. The Balaban J connectivity index is 0.00000192. The highest BCUT2D eigenvalue weighted by Crippen LogP contribution is 2.44. The summed E-state index contributed by atoms with van der Waals surface area (Å²) in [5, 5.41) is 5.85. The smallest absolute Gasteiger partial charge is 0.232 e. The predicted molar refractivity (Wildman–Crippen MR) is 86.0 cm³/mol. The van der Waals surface area contributed by atoms with Gasteiger partial charge in [-0.3, -0.25) is 4.79 Å². The van der Waals surface area contributed by atoms with Gasteiger partial charge >= 0.3 is 0 Å². The van der Waals surface area contributed by atoms with Crippen molar-refractivity contribution in [3.8, 4) is 5.75 Å². The lowest BCUT2D eigenvalue weighted by molar-refractivity contribution is -0.128. The molecule has 2 fully saturated rings. The minimum absolute atomic E-state index is 0. The molecule has 0 aromatic heterocycles. The standard InChI is InChI=1S/C16H20F2N2O2.ClH/c1-22-14-7-11(17)13(6-12(14)18)20-15(21)16-5-3-2-4-10(16)8-19-9-16;/h6-7,10,19H,2-5,8-9H2,1H3,(H,20,21);1H/t10-,16+;/m0./s1. The average molecular weight is 347 g/mol. The molecule has 7 heteroatoms. The number of ether oxygens (including phenoxy) is 1. The van der Waals surface area contributed by atoms with Crippen molar-refractivity contribution in [1.82, 2.24) is 5.32 Å². The first-order chi connectivity index (χ1) is 10.6. The van der Waals surface area contributed by atoms with Gasteiger partial charge in [-0.1, -0.05) is 12.8 Å². The number of carbonyl (C=O) groups is 1. The van der Waals surface area contributed by atoms with Crippen LogP contribution in [0.2, 0.25) is 0 Å². The number of hydrogen-bond donors (Lipinski definition) is 2. The molecule has 3 rings (SSSR count). The largest absolute Gasteiger partial charge is 0.494 e. The average Bonchev–Trinajstić information content (AvgIpc) is 2.95. The first-order valence-corrected chi connectivity index (χ1v) is 7.62. The molecule has 1 aromatic carbocycles. The molecule has 23 heavy (non-hydrogen) atoms. The Labute approximate surface area is 140 Å². The van der Waals surface area contributed by atoms with Crippen LogP contribution in [0.15, 0.2) is 12.1 Å². The predicted octanol–water partition coefficient (Wildman–Crippen LogP) is 3.11. The van der Waals surface area contributed by atoms with Crippen molar-refractivity contribution in [3.05, 3.63) is 23.8 Å². The number of nitrogens with one attached hydrogen (secondary N) is 2. The van der Waals surface area contributed by atoms with E-state index in [0.717, 1.165) is 44.4 Å². The molecule has 0 unspecified atom stereocenters. The Hall–Kier alpha value is -1.40. The summed E-state index contributed by atoms with van der Waals surface area (Å²) >= 11 is 0. The van der Waals surface area contributed by atoms with E-state index in [0.29, 0.717) is 6.54 Å². The molecule has 1 saturated carbocycles. The number of benzene rings is 1. The van der Waals surface area contributed by atoms with Gasteiger partial charge in [0.15, 0.2) is 17.4 Å². The van der Waals surface area contributed by atoms with Crippen molar-refractivity contribution >= 4 is 24.0 Å². The quantitative estimate of drug-likeness (QED) is 0.884. The lowest BCUT2D eigenvalue weighted by Crippen LogP contribution is -2.44. The third-order valence-corrected chi connectivity index (χ3v) is 4.98. The van der Waals surface area contributed by atoms with Crippen LogP contribution >= 0.6 is 12.4 Å². The highest BCUT2D eigenvalue weighted by atomic mass is 35.5. The van der Waals surface area contributed by atoms with Crippen LogP contribution in [0.25, 0.3) is 0 Å². The highest BCUT2D eigenvalue weighted by Gasteiger charge is 2.49. The van der Waals surface area contributed by atoms with E-state index >= 15 is 0 Å². The zero-order chi connectivity index (χ0) is 15.7. The Morgan fingerprint density at radius 3 is 2.87 bits per heavy atom. The van der Waals surface area contributed by atoms with Crippen molar-refractivity contribution < 1.29 is 18.3 Å². The van der Waals surface area contributed by atoms with E-state index in [4.69, 9.17) is 4.74 Å². The molecule has 0 bridgehead atoms. The van der Waals surface area contributed by atoms with Gasteiger partial charge in [0.25, 0.3) is 0 Å². The Bertz CT molecular complexity index is 600. The summed E-state index contributed by atoms with van der Waals surface area (Å²) in [4.78, 5) is 12.7. The summed E-state index contributed by atoms with van der Waals surface area (Å²) in [6, 6.07) is 1.93. The molecule has 0 radical (unpaired) electrons. The van der Waals surface area contributed by atoms with E-state index in [1.807, 2.05) is 0 Å². The van der Waals surface area contributed by atoms with Crippen LogP contribution in [0.3, 0.4) is 0 Å². The molecule has 1 aliphatic heterocycles. The first kappa shape index (κ1) is 17.9. The van der Waals surface area contributed by atoms with Crippen molar-refractivity contribution in [3.63, 3.8) is 0 Å². The summed E-state index contributed by atoms with van der Waals surface area (Å²) in [6.45, 7) is 1.41. The number of anilines is 1. The third-order valence-electron chi connectivity index (χ3n) is 4.98. The minimum Gasteiger partial charge on any atom is -0.494 e. The van der Waals surface area contributed by atoms with E-state index in [2.05, 4.69) is 10.6 Å². The topological polar surface area (TPSA) is 50.4 Å². The Kier molecular flexibility index (Phi) is 5.47. The Morgan fingerprint density at radius 2 is 2.13 bits per heavy atom. The summed E-state index contributed by atoms with van der Waals surface area (Å²) in [6.07, 6.45) is 3.90. The number of carbonyl (C=O) groups excluding carboxylic acids is 1. The second-order valence-corrected chi connectivity index (χ2v) is 6.15. The van der Waals surface area contributed by atoms with Gasteiger partial charge in [-0.25, -0.2) is 8.78 Å². The summed E-state index contributed by atoms with van der Waals surface area (Å²) < 4.78 is 32.5. The molecule has 4 nitrogen and oxygen atoms in total. The van der Waals surface area contributed by atoms with E-state index in [9.17, 15) is 13.6 Å². The third kappa shape index (κ3) is 3.15. The van der Waals surface area contributed by atoms with E-state index in [1.165, 1.54) is 7.11 Å². The first-order valence-electron chi connectivity index (χ1n) is 7.62. The summed E-state index contributed by atoms with van der Waals surface area (Å²) in [5.41, 5.74) is -0.630. The molecule has 1 aliphatic carbocycles. The van der Waals surface area contributed by atoms with Crippen molar-refractivity contribution in [1.29, 1.82) is 0 Å². The number of hydrogen-bond acceptors (Lipinski definition) is 3. The number of methoxy groups -OCH3 is 1. The molecule has 1 heterocycles. The van der Waals surface area contributed by atoms with Crippen LogP contribution < -0.4 is 15.4 Å². The molecule has 1 aromatic rings. The molecule has 2 aliphatic rings. The molecule has 1 saturated heterocycles. The van der Waals surface area contributed by atoms with Crippen LogP contribution in [0.5, 0.6) is 5.75 Å². The molecule has 2 N–H and O–H groups in total. The summed E-state index contributed by atoms with van der Waals surface area (Å²) in [5.74, 6) is -1.51. The van der Waals surface area contributed by atoms with Crippen molar-refractivity contribution in [2.24, 2.45) is 11.3 Å². The van der Waals surface area contributed by atoms with E-state index in [1.54, 1.807) is 0 Å². The molecule has 2 atom stereocenters. The van der Waals surface area contributed by atoms with Crippen LogP contribution in [0.1, 0.15) is 25.7 Å². The maximum absolute atomic E-state index is 14.0. The lowest BCUT2D eigenvalue weighted by Gasteiger charge is -2.37. The van der Waals surface area contributed by atoms with Crippen molar-refractivity contribution in [2.75, 3.05) is 25.5 Å². The van der Waals surface area contributed by atoms with Crippen LogP contribution in [-0.2, 0) is 4.79 Å². The number of halogens is 3. The van der Waals surface area contributed by atoms with Gasteiger partial charge in [-0.2, -0.15) is 0 Å². The van der Waals surface area contributed by atoms with Crippen LogP contribution in [-0.4, -0.2) is 26.1 Å². The zero-order valence-corrected chi connectivity index (χ0v) is 13.8. The molecular formula is C16H21ClF2N2O2. The zero-order valence-electron chi connectivity index (χ0n) is 13.0.